The van der Waals surface area contributed by atoms with Crippen LogP contribution >= 0.6 is 0 Å². The summed E-state index contributed by atoms with van der Waals surface area (Å²) < 4.78 is 7.70. The van der Waals surface area contributed by atoms with Crippen molar-refractivity contribution in [2.24, 2.45) is 0 Å². The molecule has 2 aliphatic rings. The van der Waals surface area contributed by atoms with E-state index >= 15 is 0 Å². The molecule has 1 amide bonds. The van der Waals surface area contributed by atoms with Crippen LogP contribution in [0.4, 0.5) is 0 Å². The number of hydrogen-bond acceptors (Lipinski definition) is 4. The van der Waals surface area contributed by atoms with Crippen molar-refractivity contribution in [1.82, 2.24) is 19.6 Å². The van der Waals surface area contributed by atoms with E-state index in [1.165, 1.54) is 12.0 Å². The van der Waals surface area contributed by atoms with Crippen LogP contribution in [0.2, 0.25) is 0 Å². The smallest absolute Gasteiger partial charge is 0.257 e. The first kappa shape index (κ1) is 19.2. The van der Waals surface area contributed by atoms with Crippen molar-refractivity contribution in [1.29, 1.82) is 0 Å². The molecule has 0 spiro atoms. The van der Waals surface area contributed by atoms with Crippen LogP contribution in [0, 0.1) is 13.8 Å². The van der Waals surface area contributed by atoms with Crippen molar-refractivity contribution in [3.63, 3.8) is 0 Å². The number of carbonyl (C=O) groups is 1. The van der Waals surface area contributed by atoms with Crippen molar-refractivity contribution in [3.05, 3.63) is 52.8 Å². The van der Waals surface area contributed by atoms with Gasteiger partial charge in [0.15, 0.2) is 0 Å². The number of aryl methyl sites for hydroxylation is 1. The average molecular weight is 383 g/mol. The lowest BCUT2D eigenvalue weighted by atomic mass is 10.1. The van der Waals surface area contributed by atoms with E-state index in [1.807, 2.05) is 41.6 Å². The third kappa shape index (κ3) is 4.13. The number of hydrogen-bond donors (Lipinski definition) is 0. The minimum Gasteiger partial charge on any atom is -0.377 e. The fourth-order valence-electron chi connectivity index (χ4n) is 4.28. The largest absolute Gasteiger partial charge is 0.377 e. The van der Waals surface area contributed by atoms with Crippen LogP contribution in [-0.2, 0) is 11.3 Å². The molecule has 2 saturated heterocycles. The normalized spacial score (nSPS) is 20.6. The van der Waals surface area contributed by atoms with E-state index in [0.29, 0.717) is 12.6 Å². The fraction of sp³-hybridized carbons (Fsp3) is 0.545. The average Bonchev–Trinajstić information content (AvgIpc) is 3.31. The topological polar surface area (TPSA) is 50.6 Å². The summed E-state index contributed by atoms with van der Waals surface area (Å²) in [5.41, 5.74) is 3.73. The molecule has 0 radical (unpaired) electrons. The van der Waals surface area contributed by atoms with Gasteiger partial charge in [-0.15, -0.1) is 0 Å². The molecule has 0 bridgehead atoms. The molecular formula is C22H30N4O2. The van der Waals surface area contributed by atoms with Crippen molar-refractivity contribution >= 4 is 5.91 Å². The number of amides is 1. The number of piperazine rings is 1. The molecule has 28 heavy (non-hydrogen) atoms. The zero-order chi connectivity index (χ0) is 19.5. The SMILES string of the molecule is Cc1nn(Cc2ccccc2)c(C)c1C(=O)N1CCN(C[C@@H]2CCCO2)CC1. The van der Waals surface area contributed by atoms with Crippen LogP contribution in [-0.4, -0.2) is 70.9 Å². The van der Waals surface area contributed by atoms with Crippen LogP contribution in [0.1, 0.15) is 40.2 Å². The summed E-state index contributed by atoms with van der Waals surface area (Å²) >= 11 is 0. The highest BCUT2D eigenvalue weighted by Gasteiger charge is 2.28. The number of carbonyl (C=O) groups excluding carboxylic acids is 1. The molecule has 6 heteroatoms. The Kier molecular flexibility index (Phi) is 5.78. The van der Waals surface area contributed by atoms with Crippen LogP contribution < -0.4 is 0 Å². The molecule has 3 heterocycles. The van der Waals surface area contributed by atoms with Gasteiger partial charge in [0.2, 0.25) is 0 Å². The van der Waals surface area contributed by atoms with Gasteiger partial charge in [-0.3, -0.25) is 14.4 Å². The van der Waals surface area contributed by atoms with E-state index in [0.717, 1.165) is 62.7 Å². The molecule has 1 aromatic heterocycles. The first-order chi connectivity index (χ1) is 13.6. The number of benzene rings is 1. The molecule has 0 unspecified atom stereocenters. The Morgan fingerprint density at radius 3 is 2.57 bits per heavy atom. The maximum Gasteiger partial charge on any atom is 0.257 e. The predicted molar refractivity (Wildman–Crippen MR) is 109 cm³/mol. The summed E-state index contributed by atoms with van der Waals surface area (Å²) in [7, 11) is 0. The van der Waals surface area contributed by atoms with E-state index in [4.69, 9.17) is 4.74 Å². The Labute approximate surface area is 167 Å². The van der Waals surface area contributed by atoms with Gasteiger partial charge in [0.1, 0.15) is 0 Å². The number of nitrogens with zero attached hydrogens (tertiary/aromatic N) is 4. The Morgan fingerprint density at radius 2 is 1.89 bits per heavy atom. The molecular weight excluding hydrogens is 352 g/mol. The maximum atomic E-state index is 13.2. The van der Waals surface area contributed by atoms with E-state index in [2.05, 4.69) is 22.1 Å². The fourth-order valence-corrected chi connectivity index (χ4v) is 4.28. The quantitative estimate of drug-likeness (QED) is 0.797. The molecule has 0 aliphatic carbocycles. The third-order valence-corrected chi connectivity index (χ3v) is 5.92. The van der Waals surface area contributed by atoms with Gasteiger partial charge < -0.3 is 9.64 Å². The highest BCUT2D eigenvalue weighted by Crippen LogP contribution is 2.19. The lowest BCUT2D eigenvalue weighted by molar-refractivity contribution is 0.0432. The van der Waals surface area contributed by atoms with Crippen molar-refractivity contribution < 1.29 is 9.53 Å². The molecule has 2 fully saturated rings. The second kappa shape index (κ2) is 8.45. The Hall–Kier alpha value is -2.18. The van der Waals surface area contributed by atoms with E-state index < -0.39 is 0 Å². The van der Waals surface area contributed by atoms with Crippen molar-refractivity contribution in [2.45, 2.75) is 39.3 Å². The molecule has 2 aromatic rings. The molecule has 1 atom stereocenters. The Bertz CT molecular complexity index is 803. The van der Waals surface area contributed by atoms with Gasteiger partial charge in [-0.2, -0.15) is 5.10 Å². The Balaban J connectivity index is 1.39. The minimum atomic E-state index is 0.117. The van der Waals surface area contributed by atoms with Crippen molar-refractivity contribution in [3.8, 4) is 0 Å². The zero-order valence-electron chi connectivity index (χ0n) is 16.9. The summed E-state index contributed by atoms with van der Waals surface area (Å²) in [4.78, 5) is 17.6. The lowest BCUT2D eigenvalue weighted by Crippen LogP contribution is -2.50. The zero-order valence-corrected chi connectivity index (χ0v) is 16.9. The predicted octanol–water partition coefficient (Wildman–Crippen LogP) is 2.49. The number of rotatable bonds is 5. The molecule has 6 nitrogen and oxygen atoms in total. The van der Waals surface area contributed by atoms with E-state index in [1.54, 1.807) is 0 Å². The van der Waals surface area contributed by atoms with Crippen molar-refractivity contribution in [2.75, 3.05) is 39.3 Å². The highest BCUT2D eigenvalue weighted by atomic mass is 16.5. The molecule has 150 valence electrons. The van der Waals surface area contributed by atoms with Crippen LogP contribution in [0.25, 0.3) is 0 Å². The van der Waals surface area contributed by atoms with Crippen LogP contribution in [0.5, 0.6) is 0 Å². The second-order valence-corrected chi connectivity index (χ2v) is 7.92. The summed E-state index contributed by atoms with van der Waals surface area (Å²) in [6, 6.07) is 10.3. The van der Waals surface area contributed by atoms with E-state index in [9.17, 15) is 4.79 Å². The molecule has 4 rings (SSSR count). The second-order valence-electron chi connectivity index (χ2n) is 7.92. The molecule has 1 aromatic carbocycles. The van der Waals surface area contributed by atoms with Gasteiger partial charge in [-0.25, -0.2) is 0 Å². The summed E-state index contributed by atoms with van der Waals surface area (Å²) in [5, 5.41) is 4.65. The lowest BCUT2D eigenvalue weighted by Gasteiger charge is -2.35. The molecule has 0 N–H and O–H groups in total. The number of ether oxygens (including phenoxy) is 1. The molecule has 2 aliphatic heterocycles. The monoisotopic (exact) mass is 382 g/mol. The van der Waals surface area contributed by atoms with Crippen LogP contribution in [0.15, 0.2) is 30.3 Å². The standard InChI is InChI=1S/C22H30N4O2/c1-17-21(18(2)26(23-17)15-19-7-4-3-5-8-19)22(27)25-12-10-24(11-13-25)16-20-9-6-14-28-20/h3-5,7-8,20H,6,9-16H2,1-2H3/t20-/m0/s1. The summed E-state index contributed by atoms with van der Waals surface area (Å²) in [6.07, 6.45) is 2.72. The third-order valence-electron chi connectivity index (χ3n) is 5.92. The van der Waals surface area contributed by atoms with Gasteiger partial charge in [-0.05, 0) is 32.3 Å². The Morgan fingerprint density at radius 1 is 1.14 bits per heavy atom. The highest BCUT2D eigenvalue weighted by molar-refractivity contribution is 5.96. The van der Waals surface area contributed by atoms with E-state index in [-0.39, 0.29) is 5.91 Å². The first-order valence-corrected chi connectivity index (χ1v) is 10.3. The minimum absolute atomic E-state index is 0.117. The number of aromatic nitrogens is 2. The maximum absolute atomic E-state index is 13.2. The van der Waals surface area contributed by atoms with Gasteiger partial charge in [-0.1, -0.05) is 30.3 Å². The van der Waals surface area contributed by atoms with Gasteiger partial charge in [0, 0.05) is 45.0 Å². The first-order valence-electron chi connectivity index (χ1n) is 10.3. The van der Waals surface area contributed by atoms with Crippen LogP contribution in [0.3, 0.4) is 0 Å². The summed E-state index contributed by atoms with van der Waals surface area (Å²) in [6.45, 7) is 9.91. The molecule has 0 saturated carbocycles. The van der Waals surface area contributed by atoms with Gasteiger partial charge in [0.25, 0.3) is 5.91 Å². The van der Waals surface area contributed by atoms with Gasteiger partial charge >= 0.3 is 0 Å². The van der Waals surface area contributed by atoms with Gasteiger partial charge in [0.05, 0.1) is 23.9 Å². The summed E-state index contributed by atoms with van der Waals surface area (Å²) in [5.74, 6) is 0.117.